The van der Waals surface area contributed by atoms with Gasteiger partial charge in [0.25, 0.3) is 0 Å². The quantitative estimate of drug-likeness (QED) is 0.789. The monoisotopic (exact) mass is 337 g/mol. The second-order valence-electron chi connectivity index (χ2n) is 7.67. The van der Waals surface area contributed by atoms with Gasteiger partial charge in [0.2, 0.25) is 0 Å². The summed E-state index contributed by atoms with van der Waals surface area (Å²) in [6.07, 6.45) is 4.06. The smallest absolute Gasteiger partial charge is 0.399 e. The number of benzene rings is 1. The molecule has 0 spiro atoms. The molecule has 1 aromatic carbocycles. The van der Waals surface area contributed by atoms with Crippen molar-refractivity contribution in [2.24, 2.45) is 0 Å². The molecule has 0 amide bonds. The second-order valence-corrected chi connectivity index (χ2v) is 7.67. The number of rotatable bonds is 3. The number of hydrogen-bond donors (Lipinski definition) is 0. The first-order chi connectivity index (χ1) is 10.4. The van der Waals surface area contributed by atoms with E-state index >= 15 is 0 Å². The molecule has 2 heterocycles. The molecule has 0 radical (unpaired) electrons. The molecule has 0 bridgehead atoms. The fourth-order valence-electron chi connectivity index (χ4n) is 3.14. The highest BCUT2D eigenvalue weighted by Crippen LogP contribution is 2.36. The van der Waals surface area contributed by atoms with Crippen molar-refractivity contribution in [2.75, 3.05) is 13.1 Å². The summed E-state index contributed by atoms with van der Waals surface area (Å²) in [7, 11) is -0.256. The van der Waals surface area contributed by atoms with Gasteiger partial charge in [-0.05, 0) is 64.7 Å². The fraction of sp³-hybridized carbons (Fsp3) is 0.667. The molecule has 5 heteroatoms. The van der Waals surface area contributed by atoms with Crippen molar-refractivity contribution in [3.05, 3.63) is 29.8 Å². The molecule has 0 aliphatic carbocycles. The average molecular weight is 338 g/mol. The molecule has 0 saturated carbocycles. The van der Waals surface area contributed by atoms with E-state index in [-0.39, 0.29) is 30.7 Å². The largest absolute Gasteiger partial charge is 0.494 e. The summed E-state index contributed by atoms with van der Waals surface area (Å²) >= 11 is 0. The normalized spacial score (nSPS) is 23.6. The van der Waals surface area contributed by atoms with Crippen molar-refractivity contribution in [3.63, 3.8) is 0 Å². The molecule has 3 nitrogen and oxygen atoms in total. The van der Waals surface area contributed by atoms with Gasteiger partial charge in [0.05, 0.1) is 11.2 Å². The molecule has 128 valence electrons. The lowest BCUT2D eigenvalue weighted by Gasteiger charge is -2.32. The third-order valence-electron chi connectivity index (χ3n) is 5.36. The average Bonchev–Trinajstić information content (AvgIpc) is 2.69. The Labute approximate surface area is 147 Å². The van der Waals surface area contributed by atoms with E-state index in [4.69, 9.17) is 9.31 Å². The lowest BCUT2D eigenvalue weighted by molar-refractivity contribution is 0.00578. The van der Waals surface area contributed by atoms with Crippen molar-refractivity contribution < 1.29 is 9.31 Å². The van der Waals surface area contributed by atoms with Gasteiger partial charge in [-0.1, -0.05) is 30.7 Å². The Kier molecular flexibility index (Phi) is 5.83. The maximum atomic E-state index is 6.11. The molecule has 0 aromatic heterocycles. The summed E-state index contributed by atoms with van der Waals surface area (Å²) in [4.78, 5) is 2.55. The number of piperidine rings is 1. The molecular weight excluding hydrogens is 308 g/mol. The molecule has 3 rings (SSSR count). The van der Waals surface area contributed by atoms with Crippen LogP contribution in [0.1, 0.15) is 52.5 Å². The SMILES string of the molecule is CC1(C)OB(c2ccc(CN3CCCCC3)cc2)OC1(C)C.Cl. The first-order valence-corrected chi connectivity index (χ1v) is 8.54. The van der Waals surface area contributed by atoms with Crippen LogP contribution in [0.3, 0.4) is 0 Å². The van der Waals surface area contributed by atoms with Gasteiger partial charge in [-0.3, -0.25) is 4.90 Å². The van der Waals surface area contributed by atoms with Gasteiger partial charge in [-0.2, -0.15) is 0 Å². The van der Waals surface area contributed by atoms with E-state index in [1.165, 1.54) is 37.9 Å². The van der Waals surface area contributed by atoms with Crippen LogP contribution in [0.2, 0.25) is 0 Å². The Morgan fingerprint density at radius 3 is 1.96 bits per heavy atom. The summed E-state index contributed by atoms with van der Waals surface area (Å²) < 4.78 is 12.2. The zero-order valence-corrected chi connectivity index (χ0v) is 15.6. The molecule has 0 N–H and O–H groups in total. The highest BCUT2D eigenvalue weighted by Gasteiger charge is 2.51. The molecule has 0 unspecified atom stereocenters. The number of nitrogens with zero attached hydrogens (tertiary/aromatic N) is 1. The molecular formula is C18H29BClNO2. The van der Waals surface area contributed by atoms with E-state index in [1.54, 1.807) is 0 Å². The van der Waals surface area contributed by atoms with Gasteiger partial charge in [0.1, 0.15) is 0 Å². The number of hydrogen-bond acceptors (Lipinski definition) is 3. The second kappa shape index (κ2) is 7.14. The van der Waals surface area contributed by atoms with Crippen LogP contribution in [0.25, 0.3) is 0 Å². The molecule has 23 heavy (non-hydrogen) atoms. The van der Waals surface area contributed by atoms with Crippen LogP contribution in [0.15, 0.2) is 24.3 Å². The summed E-state index contributed by atoms with van der Waals surface area (Å²) in [5, 5.41) is 0. The predicted octanol–water partition coefficient (Wildman–Crippen LogP) is 3.39. The van der Waals surface area contributed by atoms with E-state index < -0.39 is 0 Å². The molecule has 2 aliphatic heterocycles. The van der Waals surface area contributed by atoms with Crippen LogP contribution in [-0.2, 0) is 15.9 Å². The van der Waals surface area contributed by atoms with Crippen molar-refractivity contribution in [1.29, 1.82) is 0 Å². The zero-order valence-electron chi connectivity index (χ0n) is 14.8. The lowest BCUT2D eigenvalue weighted by atomic mass is 9.79. The Bertz CT molecular complexity index is 496. The maximum Gasteiger partial charge on any atom is 0.494 e. The zero-order chi connectivity index (χ0) is 15.8. The highest BCUT2D eigenvalue weighted by atomic mass is 35.5. The van der Waals surface area contributed by atoms with E-state index in [2.05, 4.69) is 56.9 Å². The van der Waals surface area contributed by atoms with Gasteiger partial charge in [0.15, 0.2) is 0 Å². The maximum absolute atomic E-state index is 6.11. The first kappa shape index (κ1) is 18.8. The Balaban J connectivity index is 0.00000192. The van der Waals surface area contributed by atoms with Crippen molar-refractivity contribution in [3.8, 4) is 0 Å². The minimum atomic E-state index is -0.274. The van der Waals surface area contributed by atoms with Crippen LogP contribution >= 0.6 is 12.4 Å². The highest BCUT2D eigenvalue weighted by molar-refractivity contribution is 6.62. The summed E-state index contributed by atoms with van der Waals surface area (Å²) in [5.41, 5.74) is 1.94. The van der Waals surface area contributed by atoms with E-state index in [1.807, 2.05) is 0 Å². The van der Waals surface area contributed by atoms with Crippen LogP contribution in [0, 0.1) is 0 Å². The molecule has 2 saturated heterocycles. The molecule has 2 aliphatic rings. The van der Waals surface area contributed by atoms with Crippen LogP contribution < -0.4 is 5.46 Å². The van der Waals surface area contributed by atoms with Gasteiger partial charge in [0, 0.05) is 6.54 Å². The summed E-state index contributed by atoms with van der Waals surface area (Å²) in [6, 6.07) is 8.74. The molecule has 0 atom stereocenters. The van der Waals surface area contributed by atoms with Crippen LogP contribution in [0.5, 0.6) is 0 Å². The predicted molar refractivity (Wildman–Crippen MR) is 98.5 cm³/mol. The molecule has 2 fully saturated rings. The van der Waals surface area contributed by atoms with E-state index in [9.17, 15) is 0 Å². The van der Waals surface area contributed by atoms with Crippen molar-refractivity contribution in [1.82, 2.24) is 4.90 Å². The molecule has 1 aromatic rings. The van der Waals surface area contributed by atoms with Gasteiger partial charge < -0.3 is 9.31 Å². The Morgan fingerprint density at radius 1 is 0.913 bits per heavy atom. The third kappa shape index (κ3) is 4.11. The van der Waals surface area contributed by atoms with Crippen LogP contribution in [0.4, 0.5) is 0 Å². The lowest BCUT2D eigenvalue weighted by Crippen LogP contribution is -2.41. The standard InChI is InChI=1S/C18H28BNO2.ClH/c1-17(2)18(3,4)22-19(21-17)16-10-8-15(9-11-16)14-20-12-6-5-7-13-20;/h8-11H,5-7,12-14H2,1-4H3;1H. The fourth-order valence-corrected chi connectivity index (χ4v) is 3.14. The van der Waals surface area contributed by atoms with Crippen LogP contribution in [-0.4, -0.2) is 36.3 Å². The van der Waals surface area contributed by atoms with Gasteiger partial charge >= 0.3 is 7.12 Å². The van der Waals surface area contributed by atoms with Crippen molar-refractivity contribution in [2.45, 2.75) is 64.7 Å². The minimum Gasteiger partial charge on any atom is -0.399 e. The first-order valence-electron chi connectivity index (χ1n) is 8.54. The van der Waals surface area contributed by atoms with Gasteiger partial charge in [-0.25, -0.2) is 0 Å². The van der Waals surface area contributed by atoms with E-state index in [0.717, 1.165) is 12.0 Å². The minimum absolute atomic E-state index is 0. The summed E-state index contributed by atoms with van der Waals surface area (Å²) in [6.45, 7) is 11.9. The summed E-state index contributed by atoms with van der Waals surface area (Å²) in [5.74, 6) is 0. The third-order valence-corrected chi connectivity index (χ3v) is 5.36. The topological polar surface area (TPSA) is 21.7 Å². The number of likely N-dealkylation sites (tertiary alicyclic amines) is 1. The van der Waals surface area contributed by atoms with Crippen molar-refractivity contribution >= 4 is 25.0 Å². The Morgan fingerprint density at radius 2 is 1.43 bits per heavy atom. The number of halogens is 1. The van der Waals surface area contributed by atoms with Gasteiger partial charge in [-0.15, -0.1) is 12.4 Å². The Hall–Kier alpha value is -0.545. The van der Waals surface area contributed by atoms with E-state index in [0.29, 0.717) is 0 Å².